The summed E-state index contributed by atoms with van der Waals surface area (Å²) >= 11 is 1.65. The van der Waals surface area contributed by atoms with Crippen LogP contribution in [0.3, 0.4) is 0 Å². The summed E-state index contributed by atoms with van der Waals surface area (Å²) in [5.74, 6) is 0.371. The molecule has 1 aliphatic heterocycles. The van der Waals surface area contributed by atoms with E-state index in [-0.39, 0.29) is 30.5 Å². The van der Waals surface area contributed by atoms with Gasteiger partial charge in [-0.05, 0) is 48.9 Å². The molecular weight excluding hydrogens is 533 g/mol. The number of carbonyl (C=O) groups is 2. The maximum atomic E-state index is 14.6. The highest BCUT2D eigenvalue weighted by Crippen LogP contribution is 2.39. The Morgan fingerprint density at radius 3 is 2.60 bits per heavy atom. The van der Waals surface area contributed by atoms with Gasteiger partial charge in [0.15, 0.2) is 11.5 Å². The first-order valence-corrected chi connectivity index (χ1v) is 14.5. The van der Waals surface area contributed by atoms with Crippen LogP contribution in [0.25, 0.3) is 0 Å². The molecule has 212 valence electrons. The van der Waals surface area contributed by atoms with Crippen LogP contribution < -0.4 is 14.8 Å². The Kier molecular flexibility index (Phi) is 8.60. The van der Waals surface area contributed by atoms with Crippen molar-refractivity contribution in [2.45, 2.75) is 31.9 Å². The second-order valence-electron chi connectivity index (χ2n) is 9.99. The van der Waals surface area contributed by atoms with Crippen LogP contribution in [0.15, 0.2) is 42.5 Å². The fraction of sp³-hybridized carbons (Fsp3) is 0.414. The number of para-hydroxylation sites is 1. The summed E-state index contributed by atoms with van der Waals surface area (Å²) in [6.45, 7) is 2.97. The number of nitrogens with zero attached hydrogens (tertiary/aromatic N) is 4. The Hall–Kier alpha value is -3.57. The summed E-state index contributed by atoms with van der Waals surface area (Å²) in [6, 6.07) is 11.8. The molecule has 2 aliphatic rings. The number of rotatable bonds is 10. The van der Waals surface area contributed by atoms with Crippen molar-refractivity contribution in [3.05, 3.63) is 76.4 Å². The molecule has 2 fully saturated rings. The number of nitrogens with one attached hydrogen (secondary N) is 1. The predicted molar refractivity (Wildman–Crippen MR) is 151 cm³/mol. The van der Waals surface area contributed by atoms with E-state index in [4.69, 9.17) is 9.47 Å². The second-order valence-corrected chi connectivity index (χ2v) is 10.9. The number of methoxy groups -OCH3 is 1. The van der Waals surface area contributed by atoms with Crippen LogP contribution in [0.4, 0.5) is 4.39 Å². The summed E-state index contributed by atoms with van der Waals surface area (Å²) in [6.07, 6.45) is 4.24. The molecule has 40 heavy (non-hydrogen) atoms. The van der Waals surface area contributed by atoms with Gasteiger partial charge >= 0.3 is 0 Å². The van der Waals surface area contributed by atoms with Crippen LogP contribution in [0.2, 0.25) is 0 Å². The van der Waals surface area contributed by atoms with Gasteiger partial charge in [0.1, 0.15) is 18.1 Å². The number of ether oxygens (including phenoxy) is 2. The van der Waals surface area contributed by atoms with Crippen molar-refractivity contribution >= 4 is 23.8 Å². The van der Waals surface area contributed by atoms with E-state index >= 15 is 0 Å². The standard InChI is InChI=1S/C29H34FN5O4S/c1-33-25(16-24(32-33)20-8-9-20)28(36)31-17-21-5-4-6-26(27(21)38-2)39-18-19-7-10-23(30)22(15-19)29(37)34-11-13-35(40-3)14-12-34/h4-7,10,15-16,20H,8-9,11-14,17-18H2,1-3H3,(H,31,36). The summed E-state index contributed by atoms with van der Waals surface area (Å²) in [5, 5.41) is 7.41. The quantitative estimate of drug-likeness (QED) is 0.371. The van der Waals surface area contributed by atoms with Crippen molar-refractivity contribution in [2.24, 2.45) is 7.05 Å². The second kappa shape index (κ2) is 12.3. The van der Waals surface area contributed by atoms with Crippen molar-refractivity contribution in [1.29, 1.82) is 0 Å². The molecule has 1 saturated heterocycles. The molecule has 0 spiro atoms. The highest BCUT2D eigenvalue weighted by molar-refractivity contribution is 7.96. The molecule has 0 atom stereocenters. The fourth-order valence-electron chi connectivity index (χ4n) is 4.82. The van der Waals surface area contributed by atoms with Gasteiger partial charge in [0.25, 0.3) is 11.8 Å². The Morgan fingerprint density at radius 2 is 1.90 bits per heavy atom. The molecule has 1 N–H and O–H groups in total. The average Bonchev–Trinajstić information content (AvgIpc) is 3.76. The van der Waals surface area contributed by atoms with Crippen molar-refractivity contribution in [2.75, 3.05) is 39.5 Å². The lowest BCUT2D eigenvalue weighted by molar-refractivity contribution is 0.0698. The van der Waals surface area contributed by atoms with Crippen LogP contribution in [0.5, 0.6) is 11.5 Å². The molecule has 1 aliphatic carbocycles. The third-order valence-electron chi connectivity index (χ3n) is 7.27. The zero-order valence-electron chi connectivity index (χ0n) is 23.0. The molecule has 2 heterocycles. The van der Waals surface area contributed by atoms with Gasteiger partial charge in [0.05, 0.1) is 18.4 Å². The highest BCUT2D eigenvalue weighted by atomic mass is 32.2. The number of halogens is 1. The van der Waals surface area contributed by atoms with Crippen LogP contribution in [0, 0.1) is 5.82 Å². The van der Waals surface area contributed by atoms with Gasteiger partial charge in [-0.15, -0.1) is 0 Å². The minimum absolute atomic E-state index is 0.0436. The zero-order chi connectivity index (χ0) is 28.2. The van der Waals surface area contributed by atoms with Crippen LogP contribution >= 0.6 is 11.9 Å². The number of amides is 2. The number of carbonyl (C=O) groups excluding carboxylic acids is 2. The molecular formula is C29H34FN5O4S. The summed E-state index contributed by atoms with van der Waals surface area (Å²) in [5.41, 5.74) is 2.93. The molecule has 11 heteroatoms. The first-order chi connectivity index (χ1) is 19.4. The SMILES string of the molecule is COc1c(CNC(=O)c2cc(C3CC3)nn2C)cccc1OCc1ccc(F)c(C(=O)N2CCN(SC)CC2)c1. The summed E-state index contributed by atoms with van der Waals surface area (Å²) < 4.78 is 30.1. The Balaban J connectivity index is 1.23. The molecule has 1 saturated carbocycles. The topological polar surface area (TPSA) is 88.9 Å². The Bertz CT molecular complexity index is 1380. The highest BCUT2D eigenvalue weighted by Gasteiger charge is 2.28. The van der Waals surface area contributed by atoms with Gasteiger partial charge in [-0.1, -0.05) is 30.1 Å². The number of aromatic nitrogens is 2. The van der Waals surface area contributed by atoms with Gasteiger partial charge in [-0.3, -0.25) is 14.3 Å². The number of piperazine rings is 1. The van der Waals surface area contributed by atoms with Gasteiger partial charge in [0.2, 0.25) is 0 Å². The predicted octanol–water partition coefficient (Wildman–Crippen LogP) is 3.99. The van der Waals surface area contributed by atoms with E-state index in [2.05, 4.69) is 14.7 Å². The lowest BCUT2D eigenvalue weighted by Gasteiger charge is -2.33. The number of hydrogen-bond donors (Lipinski definition) is 1. The van der Waals surface area contributed by atoms with Gasteiger partial charge < -0.3 is 19.7 Å². The van der Waals surface area contributed by atoms with Crippen LogP contribution in [-0.4, -0.2) is 70.3 Å². The molecule has 0 bridgehead atoms. The van der Waals surface area contributed by atoms with Gasteiger partial charge in [-0.25, -0.2) is 8.70 Å². The molecule has 1 aromatic heterocycles. The summed E-state index contributed by atoms with van der Waals surface area (Å²) in [7, 11) is 3.32. The van der Waals surface area contributed by atoms with E-state index in [1.54, 1.807) is 53.9 Å². The number of aryl methyl sites for hydroxylation is 1. The normalized spacial score (nSPS) is 15.7. The third-order valence-corrected chi connectivity index (χ3v) is 8.15. The van der Waals surface area contributed by atoms with Crippen molar-refractivity contribution in [3.8, 4) is 11.5 Å². The molecule has 0 unspecified atom stereocenters. The van der Waals surface area contributed by atoms with Crippen molar-refractivity contribution in [1.82, 2.24) is 24.3 Å². The van der Waals surface area contributed by atoms with E-state index in [1.165, 1.54) is 6.07 Å². The molecule has 2 amide bonds. The smallest absolute Gasteiger partial charge is 0.269 e. The van der Waals surface area contributed by atoms with E-state index in [1.807, 2.05) is 24.5 Å². The molecule has 0 radical (unpaired) electrons. The lowest BCUT2D eigenvalue weighted by Crippen LogP contribution is -2.46. The van der Waals surface area contributed by atoms with Crippen molar-refractivity contribution in [3.63, 3.8) is 0 Å². The van der Waals surface area contributed by atoms with Crippen LogP contribution in [-0.2, 0) is 20.2 Å². The maximum absolute atomic E-state index is 14.6. The summed E-state index contributed by atoms with van der Waals surface area (Å²) in [4.78, 5) is 27.6. The van der Waals surface area contributed by atoms with E-state index in [0.717, 1.165) is 37.2 Å². The number of hydrogen-bond acceptors (Lipinski definition) is 7. The van der Waals surface area contributed by atoms with Gasteiger partial charge in [0, 0.05) is 51.3 Å². The van der Waals surface area contributed by atoms with E-state index in [0.29, 0.717) is 41.8 Å². The molecule has 2 aromatic carbocycles. The monoisotopic (exact) mass is 567 g/mol. The minimum Gasteiger partial charge on any atom is -0.493 e. The van der Waals surface area contributed by atoms with Crippen molar-refractivity contribution < 1.29 is 23.5 Å². The number of benzene rings is 2. The van der Waals surface area contributed by atoms with E-state index in [9.17, 15) is 14.0 Å². The Labute approximate surface area is 237 Å². The fourth-order valence-corrected chi connectivity index (χ4v) is 5.35. The zero-order valence-corrected chi connectivity index (χ0v) is 23.8. The molecule has 3 aromatic rings. The van der Waals surface area contributed by atoms with Crippen LogP contribution in [0.1, 0.15) is 56.4 Å². The van der Waals surface area contributed by atoms with Gasteiger partial charge in [-0.2, -0.15) is 5.10 Å². The largest absolute Gasteiger partial charge is 0.493 e. The first-order valence-electron chi connectivity index (χ1n) is 13.4. The Morgan fingerprint density at radius 1 is 1.12 bits per heavy atom. The molecule has 9 nitrogen and oxygen atoms in total. The van der Waals surface area contributed by atoms with E-state index < -0.39 is 5.82 Å². The third kappa shape index (κ3) is 6.26. The maximum Gasteiger partial charge on any atom is 0.269 e. The minimum atomic E-state index is -0.547. The average molecular weight is 568 g/mol. The molecule has 5 rings (SSSR count). The first kappa shape index (κ1) is 28.0. The lowest BCUT2D eigenvalue weighted by atomic mass is 10.1.